The number of hydrogen-bond donors (Lipinski definition) is 1. The number of thiophene rings is 1. The molecule has 2 heterocycles. The van der Waals surface area contributed by atoms with Crippen molar-refractivity contribution in [2.75, 3.05) is 0 Å². The summed E-state index contributed by atoms with van der Waals surface area (Å²) < 4.78 is 45.8. The van der Waals surface area contributed by atoms with Crippen LogP contribution in [-0.2, 0) is 16.6 Å². The highest BCUT2D eigenvalue weighted by atomic mass is 32.2. The van der Waals surface area contributed by atoms with Gasteiger partial charge in [-0.05, 0) is 54.3 Å². The van der Waals surface area contributed by atoms with E-state index in [1.807, 2.05) is 17.5 Å². The molecule has 3 aromatic rings. The third kappa shape index (κ3) is 3.52. The van der Waals surface area contributed by atoms with Gasteiger partial charge in [0.2, 0.25) is 10.0 Å². The normalized spacial score (nSPS) is 11.7. The van der Waals surface area contributed by atoms with Crippen molar-refractivity contribution in [1.82, 2.24) is 4.72 Å². The minimum Gasteiger partial charge on any atom is -0.459 e. The summed E-state index contributed by atoms with van der Waals surface area (Å²) in [5, 5.41) is 1.94. The van der Waals surface area contributed by atoms with Crippen molar-refractivity contribution in [2.24, 2.45) is 0 Å². The lowest BCUT2D eigenvalue weighted by Crippen LogP contribution is -2.23. The molecule has 0 saturated carbocycles. The summed E-state index contributed by atoms with van der Waals surface area (Å²) in [5.41, 5.74) is 0.358. The van der Waals surface area contributed by atoms with Gasteiger partial charge >= 0.3 is 0 Å². The molecule has 7 heteroatoms. The Kier molecular flexibility index (Phi) is 4.34. The van der Waals surface area contributed by atoms with Crippen LogP contribution in [0.5, 0.6) is 0 Å². The molecular formula is C16H14FNO3S2. The summed E-state index contributed by atoms with van der Waals surface area (Å²) in [7, 11) is -3.72. The number of benzene rings is 1. The van der Waals surface area contributed by atoms with Crippen molar-refractivity contribution in [3.63, 3.8) is 0 Å². The third-order valence-electron chi connectivity index (χ3n) is 3.29. The molecule has 3 rings (SSSR count). The van der Waals surface area contributed by atoms with Crippen LogP contribution in [0.2, 0.25) is 0 Å². The molecule has 4 nitrogen and oxygen atoms in total. The average molecular weight is 351 g/mol. The van der Waals surface area contributed by atoms with Crippen molar-refractivity contribution in [3.05, 3.63) is 65.0 Å². The molecule has 0 fully saturated rings. The summed E-state index contributed by atoms with van der Waals surface area (Å²) in [5.74, 6) is 0.747. The van der Waals surface area contributed by atoms with Crippen molar-refractivity contribution >= 4 is 21.4 Å². The second-order valence-corrected chi connectivity index (χ2v) is 7.66. The summed E-state index contributed by atoms with van der Waals surface area (Å²) >= 11 is 1.55. The molecule has 0 atom stereocenters. The van der Waals surface area contributed by atoms with Crippen LogP contribution in [0.3, 0.4) is 0 Å². The Balaban J connectivity index is 1.75. The van der Waals surface area contributed by atoms with Gasteiger partial charge in [-0.3, -0.25) is 0 Å². The quantitative estimate of drug-likeness (QED) is 0.757. The Labute approximate surface area is 137 Å². The fourth-order valence-corrected chi connectivity index (χ4v) is 4.09. The number of aryl methyl sites for hydroxylation is 1. The predicted molar refractivity (Wildman–Crippen MR) is 87.2 cm³/mol. The molecule has 120 valence electrons. The van der Waals surface area contributed by atoms with Crippen LogP contribution in [0.25, 0.3) is 10.6 Å². The maximum Gasteiger partial charge on any atom is 0.241 e. The highest BCUT2D eigenvalue weighted by Crippen LogP contribution is 2.26. The molecular weight excluding hydrogens is 337 g/mol. The fourth-order valence-electron chi connectivity index (χ4n) is 2.18. The first-order valence-electron chi connectivity index (χ1n) is 6.84. The smallest absolute Gasteiger partial charge is 0.241 e. The monoisotopic (exact) mass is 351 g/mol. The molecule has 1 aromatic carbocycles. The van der Waals surface area contributed by atoms with E-state index in [2.05, 4.69) is 4.72 Å². The van der Waals surface area contributed by atoms with E-state index in [1.54, 1.807) is 30.4 Å². The van der Waals surface area contributed by atoms with E-state index in [0.717, 1.165) is 10.9 Å². The Morgan fingerprint density at radius 2 is 2.04 bits per heavy atom. The maximum absolute atomic E-state index is 13.1. The largest absolute Gasteiger partial charge is 0.459 e. The van der Waals surface area contributed by atoms with Gasteiger partial charge in [-0.2, -0.15) is 0 Å². The third-order valence-corrected chi connectivity index (χ3v) is 5.73. The first-order chi connectivity index (χ1) is 11.0. The second-order valence-electron chi connectivity index (χ2n) is 4.98. The van der Waals surface area contributed by atoms with Crippen LogP contribution < -0.4 is 4.72 Å². The molecule has 0 amide bonds. The summed E-state index contributed by atoms with van der Waals surface area (Å²) in [6, 6.07) is 11.0. The van der Waals surface area contributed by atoms with E-state index in [4.69, 9.17) is 4.42 Å². The number of nitrogens with one attached hydrogen (secondary N) is 1. The average Bonchev–Trinajstić information content (AvgIpc) is 3.16. The minimum atomic E-state index is -3.72. The zero-order chi connectivity index (χ0) is 16.4. The van der Waals surface area contributed by atoms with Crippen LogP contribution >= 0.6 is 11.3 Å². The Hall–Kier alpha value is -1.96. The van der Waals surface area contributed by atoms with E-state index in [-0.39, 0.29) is 11.4 Å². The van der Waals surface area contributed by atoms with Crippen molar-refractivity contribution in [3.8, 4) is 10.6 Å². The molecule has 0 aliphatic rings. The van der Waals surface area contributed by atoms with Crippen LogP contribution in [0.15, 0.2) is 57.2 Å². The van der Waals surface area contributed by atoms with Crippen molar-refractivity contribution in [1.29, 1.82) is 0 Å². The Morgan fingerprint density at radius 3 is 2.74 bits per heavy atom. The molecule has 0 bridgehead atoms. The highest BCUT2D eigenvalue weighted by molar-refractivity contribution is 7.89. The van der Waals surface area contributed by atoms with Gasteiger partial charge in [0, 0.05) is 0 Å². The van der Waals surface area contributed by atoms with Crippen LogP contribution in [0.1, 0.15) is 11.3 Å². The first kappa shape index (κ1) is 15.9. The minimum absolute atomic E-state index is 0.0323. The van der Waals surface area contributed by atoms with Gasteiger partial charge in [0.05, 0.1) is 16.3 Å². The van der Waals surface area contributed by atoms with Crippen molar-refractivity contribution in [2.45, 2.75) is 18.4 Å². The first-order valence-corrected chi connectivity index (χ1v) is 9.20. The second kappa shape index (κ2) is 6.27. The lowest BCUT2D eigenvalue weighted by atomic mass is 10.2. The van der Waals surface area contributed by atoms with Crippen molar-refractivity contribution < 1.29 is 17.2 Å². The van der Waals surface area contributed by atoms with Gasteiger partial charge in [-0.15, -0.1) is 11.3 Å². The van der Waals surface area contributed by atoms with Gasteiger partial charge in [0.15, 0.2) is 0 Å². The summed E-state index contributed by atoms with van der Waals surface area (Å²) in [6.07, 6.45) is 0. The van der Waals surface area contributed by atoms with E-state index < -0.39 is 15.8 Å². The molecule has 23 heavy (non-hydrogen) atoms. The summed E-state index contributed by atoms with van der Waals surface area (Å²) in [4.78, 5) is 1.04. The van der Waals surface area contributed by atoms with Gasteiger partial charge < -0.3 is 4.42 Å². The topological polar surface area (TPSA) is 59.3 Å². The van der Waals surface area contributed by atoms with E-state index in [0.29, 0.717) is 17.1 Å². The van der Waals surface area contributed by atoms with Crippen LogP contribution in [-0.4, -0.2) is 8.42 Å². The number of rotatable bonds is 5. The molecule has 0 unspecified atom stereocenters. The number of hydrogen-bond acceptors (Lipinski definition) is 4. The molecule has 0 aliphatic carbocycles. The number of furan rings is 1. The standard InChI is InChI=1S/C16H14FNO3S2/c1-11-9-12(17)4-7-16(11)23(19,20)18-10-13-5-6-14(21-13)15-3-2-8-22-15/h2-9,18H,10H2,1H3. The number of halogens is 1. The Bertz CT molecular complexity index is 915. The highest BCUT2D eigenvalue weighted by Gasteiger charge is 2.17. The Morgan fingerprint density at radius 1 is 1.22 bits per heavy atom. The van der Waals surface area contributed by atoms with Crippen LogP contribution in [0, 0.1) is 12.7 Å². The van der Waals surface area contributed by atoms with Crippen LogP contribution in [0.4, 0.5) is 4.39 Å². The lowest BCUT2D eigenvalue weighted by molar-refractivity contribution is 0.510. The maximum atomic E-state index is 13.1. The zero-order valence-corrected chi connectivity index (χ0v) is 13.9. The van der Waals surface area contributed by atoms with Gasteiger partial charge in [0.25, 0.3) is 0 Å². The van der Waals surface area contributed by atoms with Gasteiger partial charge in [-0.25, -0.2) is 17.5 Å². The van der Waals surface area contributed by atoms with E-state index >= 15 is 0 Å². The predicted octanol–water partition coefficient (Wildman–Crippen LogP) is 3.93. The van der Waals surface area contributed by atoms with Gasteiger partial charge in [0.1, 0.15) is 17.3 Å². The SMILES string of the molecule is Cc1cc(F)ccc1S(=O)(=O)NCc1ccc(-c2cccs2)o1. The molecule has 1 N–H and O–H groups in total. The molecule has 0 aliphatic heterocycles. The summed E-state index contributed by atoms with van der Waals surface area (Å²) in [6.45, 7) is 1.59. The zero-order valence-electron chi connectivity index (χ0n) is 12.2. The number of sulfonamides is 1. The molecule has 2 aromatic heterocycles. The molecule has 0 spiro atoms. The molecule has 0 saturated heterocycles. The van der Waals surface area contributed by atoms with E-state index in [1.165, 1.54) is 12.1 Å². The van der Waals surface area contributed by atoms with E-state index in [9.17, 15) is 12.8 Å². The molecule has 0 radical (unpaired) electrons. The van der Waals surface area contributed by atoms with Gasteiger partial charge in [-0.1, -0.05) is 6.07 Å². The fraction of sp³-hybridized carbons (Fsp3) is 0.125. The lowest BCUT2D eigenvalue weighted by Gasteiger charge is -2.08.